The Morgan fingerprint density at radius 3 is 2.20 bits per heavy atom. The van der Waals surface area contributed by atoms with Crippen LogP contribution in [0.25, 0.3) is 0 Å². The monoisotopic (exact) mass is 339 g/mol. The Balaban J connectivity index is 2.45. The van der Waals surface area contributed by atoms with Crippen LogP contribution in [0.4, 0.5) is 14.5 Å². The molecule has 0 saturated heterocycles. The maximum Gasteiger partial charge on any atom is 0.264 e. The third-order valence-electron chi connectivity index (χ3n) is 2.85. The third-order valence-corrected chi connectivity index (χ3v) is 3.31. The number of hydrogen-bond donors (Lipinski definition) is 0. The molecule has 0 saturated carbocycles. The van der Waals surface area contributed by atoms with E-state index in [0.717, 1.165) is 12.1 Å². The number of carbonyl (C=O) groups excluding carboxylic acids is 1. The number of carbonyl (C=O) groups is 1. The van der Waals surface area contributed by atoms with E-state index in [0.29, 0.717) is 12.2 Å². The van der Waals surface area contributed by atoms with Crippen molar-refractivity contribution in [2.45, 2.75) is 6.92 Å². The van der Waals surface area contributed by atoms with Gasteiger partial charge in [0.1, 0.15) is 17.2 Å². The second-order valence-electron chi connectivity index (χ2n) is 4.13. The molecule has 5 heteroatoms. The number of anilines is 1. The Morgan fingerprint density at radius 1 is 1.15 bits per heavy atom. The topological polar surface area (TPSA) is 20.3 Å². The summed E-state index contributed by atoms with van der Waals surface area (Å²) in [6.07, 6.45) is 0. The summed E-state index contributed by atoms with van der Waals surface area (Å²) >= 11 is 2.99. The van der Waals surface area contributed by atoms with Crippen molar-refractivity contribution >= 4 is 27.5 Å². The number of amides is 1. The Kier molecular flexibility index (Phi) is 4.49. The summed E-state index contributed by atoms with van der Waals surface area (Å²) in [5.74, 6) is -2.45. The molecule has 0 aliphatic rings. The van der Waals surface area contributed by atoms with Gasteiger partial charge in [0, 0.05) is 16.7 Å². The van der Waals surface area contributed by atoms with E-state index in [1.807, 2.05) is 6.07 Å². The van der Waals surface area contributed by atoms with E-state index in [4.69, 9.17) is 0 Å². The highest BCUT2D eigenvalue weighted by molar-refractivity contribution is 9.10. The maximum atomic E-state index is 13.9. The summed E-state index contributed by atoms with van der Waals surface area (Å²) in [5, 5.41) is 0. The minimum Gasteiger partial charge on any atom is -0.308 e. The number of halogens is 3. The standard InChI is InChI=1S/C15H12BrF2NO/c1-2-19(11-6-4-3-5-7-11)15(20)14-12(17)8-10(16)9-13(14)18/h3-9H,2H2,1H3. The molecule has 20 heavy (non-hydrogen) atoms. The molecule has 0 heterocycles. The molecule has 2 aromatic rings. The Bertz CT molecular complexity index is 608. The van der Waals surface area contributed by atoms with Gasteiger partial charge in [-0.1, -0.05) is 34.1 Å². The predicted molar refractivity (Wildman–Crippen MR) is 77.9 cm³/mol. The van der Waals surface area contributed by atoms with E-state index in [9.17, 15) is 13.6 Å². The molecule has 1 amide bonds. The third kappa shape index (κ3) is 2.88. The van der Waals surface area contributed by atoms with E-state index in [2.05, 4.69) is 15.9 Å². The molecule has 0 N–H and O–H groups in total. The first-order valence-corrected chi connectivity index (χ1v) is 6.85. The van der Waals surface area contributed by atoms with Crippen LogP contribution in [0.3, 0.4) is 0 Å². The van der Waals surface area contributed by atoms with Crippen LogP contribution < -0.4 is 4.90 Å². The van der Waals surface area contributed by atoms with Crippen LogP contribution in [-0.4, -0.2) is 12.5 Å². The molecule has 2 nitrogen and oxygen atoms in total. The first-order chi connectivity index (χ1) is 9.54. The normalized spacial score (nSPS) is 10.4. The molecule has 104 valence electrons. The number of nitrogens with zero attached hydrogens (tertiary/aromatic N) is 1. The summed E-state index contributed by atoms with van der Waals surface area (Å²) in [6.45, 7) is 2.07. The van der Waals surface area contributed by atoms with Crippen LogP contribution in [0, 0.1) is 11.6 Å². The van der Waals surface area contributed by atoms with Gasteiger partial charge in [0.2, 0.25) is 0 Å². The smallest absolute Gasteiger partial charge is 0.264 e. The van der Waals surface area contributed by atoms with Crippen LogP contribution in [0.15, 0.2) is 46.9 Å². The average Bonchev–Trinajstić information content (AvgIpc) is 2.39. The average molecular weight is 340 g/mol. The summed E-state index contributed by atoms with van der Waals surface area (Å²) in [7, 11) is 0. The number of para-hydroxylation sites is 1. The Hall–Kier alpha value is -1.75. The van der Waals surface area contributed by atoms with Crippen LogP contribution in [0.1, 0.15) is 17.3 Å². The van der Waals surface area contributed by atoms with Gasteiger partial charge in [-0.25, -0.2) is 8.78 Å². The highest BCUT2D eigenvalue weighted by atomic mass is 79.9. The Labute approximate surface area is 124 Å². The van der Waals surface area contributed by atoms with Crippen molar-refractivity contribution in [1.29, 1.82) is 0 Å². The van der Waals surface area contributed by atoms with Crippen LogP contribution in [0.2, 0.25) is 0 Å². The van der Waals surface area contributed by atoms with Crippen molar-refractivity contribution in [2.75, 3.05) is 11.4 Å². The van der Waals surface area contributed by atoms with E-state index in [1.165, 1.54) is 4.90 Å². The zero-order valence-electron chi connectivity index (χ0n) is 10.7. The molecule has 0 fully saturated rings. The first-order valence-electron chi connectivity index (χ1n) is 6.06. The fraction of sp³-hybridized carbons (Fsp3) is 0.133. The number of benzene rings is 2. The van der Waals surface area contributed by atoms with Gasteiger partial charge in [0.15, 0.2) is 0 Å². The summed E-state index contributed by atoms with van der Waals surface area (Å²) < 4.78 is 28.0. The lowest BCUT2D eigenvalue weighted by molar-refractivity contribution is 0.0980. The molecule has 0 unspecified atom stereocenters. The molecule has 0 atom stereocenters. The van der Waals surface area contributed by atoms with E-state index in [-0.39, 0.29) is 4.47 Å². The molecule has 0 aliphatic carbocycles. The quantitative estimate of drug-likeness (QED) is 0.811. The summed E-state index contributed by atoms with van der Waals surface area (Å²) in [6, 6.07) is 10.9. The maximum absolute atomic E-state index is 13.9. The van der Waals surface area contributed by atoms with Gasteiger partial charge in [-0.05, 0) is 31.2 Å². The lowest BCUT2D eigenvalue weighted by atomic mass is 10.1. The van der Waals surface area contributed by atoms with Gasteiger partial charge in [-0.2, -0.15) is 0 Å². The molecule has 2 aromatic carbocycles. The van der Waals surface area contributed by atoms with Gasteiger partial charge < -0.3 is 4.90 Å². The van der Waals surface area contributed by atoms with Crippen molar-refractivity contribution in [1.82, 2.24) is 0 Å². The van der Waals surface area contributed by atoms with Gasteiger partial charge in [0.25, 0.3) is 5.91 Å². The Morgan fingerprint density at radius 2 is 1.70 bits per heavy atom. The van der Waals surface area contributed by atoms with Crippen molar-refractivity contribution < 1.29 is 13.6 Å². The number of rotatable bonds is 3. The second-order valence-corrected chi connectivity index (χ2v) is 5.05. The van der Waals surface area contributed by atoms with Crippen molar-refractivity contribution in [2.24, 2.45) is 0 Å². The van der Waals surface area contributed by atoms with Gasteiger partial charge in [-0.15, -0.1) is 0 Å². The SMILES string of the molecule is CCN(C(=O)c1c(F)cc(Br)cc1F)c1ccccc1. The van der Waals surface area contributed by atoms with E-state index in [1.54, 1.807) is 31.2 Å². The second kappa shape index (κ2) is 6.13. The lowest BCUT2D eigenvalue weighted by Gasteiger charge is -2.21. The van der Waals surface area contributed by atoms with Gasteiger partial charge >= 0.3 is 0 Å². The van der Waals surface area contributed by atoms with Crippen LogP contribution in [0.5, 0.6) is 0 Å². The van der Waals surface area contributed by atoms with Crippen molar-refractivity contribution in [3.8, 4) is 0 Å². The lowest BCUT2D eigenvalue weighted by Crippen LogP contribution is -2.32. The summed E-state index contributed by atoms with van der Waals surface area (Å²) in [5.41, 5.74) is 0.0561. The van der Waals surface area contributed by atoms with E-state index >= 15 is 0 Å². The number of hydrogen-bond acceptors (Lipinski definition) is 1. The molecule has 0 bridgehead atoms. The molecular formula is C15H12BrF2NO. The minimum atomic E-state index is -0.878. The van der Waals surface area contributed by atoms with Gasteiger partial charge in [-0.3, -0.25) is 4.79 Å². The largest absolute Gasteiger partial charge is 0.308 e. The molecule has 2 rings (SSSR count). The predicted octanol–water partition coefficient (Wildman–Crippen LogP) is 4.39. The fourth-order valence-corrected chi connectivity index (χ4v) is 2.33. The minimum absolute atomic E-state index is 0.256. The van der Waals surface area contributed by atoms with Crippen molar-refractivity contribution in [3.63, 3.8) is 0 Å². The highest BCUT2D eigenvalue weighted by Gasteiger charge is 2.23. The molecule has 0 spiro atoms. The highest BCUT2D eigenvalue weighted by Crippen LogP contribution is 2.23. The molecular weight excluding hydrogens is 328 g/mol. The molecule has 0 aliphatic heterocycles. The van der Waals surface area contributed by atoms with Crippen molar-refractivity contribution in [3.05, 3.63) is 64.1 Å². The van der Waals surface area contributed by atoms with Crippen LogP contribution in [-0.2, 0) is 0 Å². The zero-order valence-corrected chi connectivity index (χ0v) is 12.3. The van der Waals surface area contributed by atoms with Crippen LogP contribution >= 0.6 is 15.9 Å². The fourth-order valence-electron chi connectivity index (χ4n) is 1.93. The zero-order chi connectivity index (χ0) is 14.7. The van der Waals surface area contributed by atoms with E-state index < -0.39 is 23.1 Å². The van der Waals surface area contributed by atoms with Gasteiger partial charge in [0.05, 0.1) is 0 Å². The molecule has 0 aromatic heterocycles. The molecule has 0 radical (unpaired) electrons. The summed E-state index contributed by atoms with van der Waals surface area (Å²) in [4.78, 5) is 13.7. The first kappa shape index (κ1) is 14.7.